The lowest BCUT2D eigenvalue weighted by atomic mass is 9.94. The van der Waals surface area contributed by atoms with E-state index in [9.17, 15) is 9.65 Å². The highest BCUT2D eigenvalue weighted by atomic mass is 32.1. The molecule has 2 atom stereocenters. The molecule has 6 heterocycles. The lowest BCUT2D eigenvalue weighted by molar-refractivity contribution is 0.135. The summed E-state index contributed by atoms with van der Waals surface area (Å²) < 4.78 is 20.9. The topological polar surface area (TPSA) is 113 Å². The van der Waals surface area contributed by atoms with Crippen LogP contribution in [0.2, 0.25) is 0 Å². The Kier molecular flexibility index (Phi) is 4.96. The van der Waals surface area contributed by atoms with E-state index >= 15 is 0 Å². The lowest BCUT2D eigenvalue weighted by Crippen LogP contribution is -2.42. The second kappa shape index (κ2) is 8.02. The minimum Gasteiger partial charge on any atom is -0.389 e. The standard InChI is InChI=1S/C25H23FN7OPS/c26-16-8-29-20(18-12(6-27)23(28)36-22(16)18)17-15-10-34-9-14(15)13-7-30-24(32-19(13)21(17)35)33-5-3-25(11-33)2-1-4-31-25/h7-8,31H,1-5,9-11,28,35H2. The molecule has 0 amide bonds. The highest BCUT2D eigenvalue weighted by Crippen LogP contribution is 2.43. The number of rotatable bonds is 2. The molecule has 2 saturated heterocycles. The van der Waals surface area contributed by atoms with Gasteiger partial charge in [-0.15, -0.1) is 20.6 Å². The number of ether oxygens (including phenoxy) is 1. The predicted molar refractivity (Wildman–Crippen MR) is 142 cm³/mol. The third kappa shape index (κ3) is 3.10. The fourth-order valence-electron chi connectivity index (χ4n) is 6.04. The molecular formula is C25H23FN7OPS. The van der Waals surface area contributed by atoms with Gasteiger partial charge < -0.3 is 20.7 Å². The van der Waals surface area contributed by atoms with Crippen LogP contribution in [0.5, 0.6) is 0 Å². The number of nitrogen functional groups attached to an aromatic ring is 1. The third-order valence-corrected chi connectivity index (χ3v) is 9.39. The quantitative estimate of drug-likeness (QED) is 0.388. The van der Waals surface area contributed by atoms with E-state index in [-0.39, 0.29) is 16.1 Å². The van der Waals surface area contributed by atoms with Crippen molar-refractivity contribution in [2.75, 3.05) is 30.3 Å². The molecule has 2 fully saturated rings. The molecule has 0 saturated carbocycles. The van der Waals surface area contributed by atoms with Crippen molar-refractivity contribution in [3.63, 3.8) is 0 Å². The molecule has 3 aliphatic rings. The van der Waals surface area contributed by atoms with Crippen molar-refractivity contribution in [2.24, 2.45) is 0 Å². The molecule has 1 aromatic carbocycles. The average Bonchev–Trinajstić information content (AvgIpc) is 3.68. The smallest absolute Gasteiger partial charge is 0.225 e. The van der Waals surface area contributed by atoms with Gasteiger partial charge in [0.15, 0.2) is 5.82 Å². The number of fused-ring (bicyclic) bond motifs is 4. The summed E-state index contributed by atoms with van der Waals surface area (Å²) in [5.74, 6) is 0.218. The van der Waals surface area contributed by atoms with Gasteiger partial charge in [-0.1, -0.05) is 0 Å². The van der Waals surface area contributed by atoms with Crippen LogP contribution in [0.4, 0.5) is 15.3 Å². The van der Waals surface area contributed by atoms with Gasteiger partial charge >= 0.3 is 0 Å². The minimum atomic E-state index is -0.487. The average molecular weight is 520 g/mol. The van der Waals surface area contributed by atoms with Crippen LogP contribution in [0, 0.1) is 17.1 Å². The number of thiophene rings is 1. The fourth-order valence-corrected chi connectivity index (χ4v) is 7.49. The molecule has 7 rings (SSSR count). The normalized spacial score (nSPS) is 21.2. The number of nitrogens with one attached hydrogen (secondary N) is 1. The zero-order valence-corrected chi connectivity index (χ0v) is 21.4. The molecule has 8 nitrogen and oxygen atoms in total. The molecule has 4 aromatic rings. The molecule has 36 heavy (non-hydrogen) atoms. The van der Waals surface area contributed by atoms with E-state index in [0.29, 0.717) is 34.9 Å². The number of hydrogen-bond donors (Lipinski definition) is 2. The number of halogens is 1. The first-order chi connectivity index (χ1) is 17.5. The van der Waals surface area contributed by atoms with E-state index in [1.807, 2.05) is 6.20 Å². The van der Waals surface area contributed by atoms with E-state index in [0.717, 1.165) is 70.3 Å². The number of benzene rings is 1. The van der Waals surface area contributed by atoms with E-state index in [1.165, 1.54) is 19.0 Å². The number of aromatic nitrogens is 3. The number of hydrogen-bond acceptors (Lipinski definition) is 9. The van der Waals surface area contributed by atoms with Crippen molar-refractivity contribution in [1.82, 2.24) is 20.3 Å². The van der Waals surface area contributed by atoms with Gasteiger partial charge in [0.05, 0.1) is 40.9 Å². The van der Waals surface area contributed by atoms with Gasteiger partial charge in [-0.2, -0.15) is 5.26 Å². The molecule has 2 unspecified atom stereocenters. The zero-order valence-electron chi connectivity index (χ0n) is 19.4. The van der Waals surface area contributed by atoms with Crippen molar-refractivity contribution < 1.29 is 9.13 Å². The van der Waals surface area contributed by atoms with Crippen LogP contribution < -0.4 is 21.3 Å². The molecule has 182 valence electrons. The number of pyridine rings is 1. The molecule has 3 aromatic heterocycles. The van der Waals surface area contributed by atoms with Crippen molar-refractivity contribution in [2.45, 2.75) is 38.0 Å². The maximum Gasteiger partial charge on any atom is 0.225 e. The Hall–Kier alpha value is -2.96. The van der Waals surface area contributed by atoms with Crippen LogP contribution in [0.15, 0.2) is 12.4 Å². The van der Waals surface area contributed by atoms with E-state index < -0.39 is 5.82 Å². The second-order valence-corrected chi connectivity index (χ2v) is 11.4. The molecule has 3 aliphatic heterocycles. The first-order valence-corrected chi connectivity index (χ1v) is 13.3. The van der Waals surface area contributed by atoms with Crippen LogP contribution in [0.3, 0.4) is 0 Å². The predicted octanol–water partition coefficient (Wildman–Crippen LogP) is 3.36. The van der Waals surface area contributed by atoms with E-state index in [2.05, 4.69) is 30.5 Å². The summed E-state index contributed by atoms with van der Waals surface area (Å²) in [5.41, 5.74) is 10.6. The molecule has 0 radical (unpaired) electrons. The van der Waals surface area contributed by atoms with Gasteiger partial charge in [-0.05, 0) is 36.9 Å². The van der Waals surface area contributed by atoms with Gasteiger partial charge in [0, 0.05) is 46.5 Å². The van der Waals surface area contributed by atoms with Crippen LogP contribution >= 0.6 is 20.6 Å². The van der Waals surface area contributed by atoms with Crippen molar-refractivity contribution >= 4 is 57.8 Å². The van der Waals surface area contributed by atoms with Gasteiger partial charge in [0.2, 0.25) is 5.95 Å². The van der Waals surface area contributed by atoms with Crippen LogP contribution in [-0.4, -0.2) is 40.1 Å². The molecule has 1 spiro atoms. The molecule has 11 heteroatoms. The van der Waals surface area contributed by atoms with E-state index in [4.69, 9.17) is 20.4 Å². The number of nitriles is 1. The number of anilines is 2. The number of nitrogens with zero attached hydrogens (tertiary/aromatic N) is 5. The molecule has 0 bridgehead atoms. The summed E-state index contributed by atoms with van der Waals surface area (Å²) in [6.07, 6.45) is 6.56. The van der Waals surface area contributed by atoms with Crippen LogP contribution in [0.25, 0.3) is 32.2 Å². The number of nitrogens with two attached hydrogens (primary N) is 1. The second-order valence-electron chi connectivity index (χ2n) is 9.77. The summed E-state index contributed by atoms with van der Waals surface area (Å²) in [6.45, 7) is 3.70. The van der Waals surface area contributed by atoms with Crippen LogP contribution in [0.1, 0.15) is 36.0 Å². The van der Waals surface area contributed by atoms with Crippen molar-refractivity contribution in [3.05, 3.63) is 34.9 Å². The summed E-state index contributed by atoms with van der Waals surface area (Å²) in [7, 11) is 2.81. The van der Waals surface area contributed by atoms with Gasteiger partial charge in [-0.3, -0.25) is 4.98 Å². The maximum absolute atomic E-state index is 14.7. The monoisotopic (exact) mass is 519 g/mol. The largest absolute Gasteiger partial charge is 0.389 e. The summed E-state index contributed by atoms with van der Waals surface area (Å²) >= 11 is 1.07. The first-order valence-electron chi connectivity index (χ1n) is 11.9. The Bertz CT molecular complexity index is 1630. The van der Waals surface area contributed by atoms with Gasteiger partial charge in [-0.25, -0.2) is 14.4 Å². The minimum absolute atomic E-state index is 0.162. The summed E-state index contributed by atoms with van der Waals surface area (Å²) in [4.78, 5) is 16.5. The molecule has 0 aliphatic carbocycles. The van der Waals surface area contributed by atoms with Gasteiger partial charge in [0.25, 0.3) is 0 Å². The molecular weight excluding hydrogens is 496 g/mol. The Morgan fingerprint density at radius 3 is 2.92 bits per heavy atom. The van der Waals surface area contributed by atoms with Crippen LogP contribution in [-0.2, 0) is 18.0 Å². The van der Waals surface area contributed by atoms with Crippen molar-refractivity contribution in [3.8, 4) is 17.3 Å². The third-order valence-electron chi connectivity index (χ3n) is 7.80. The highest BCUT2D eigenvalue weighted by molar-refractivity contribution is 7.29. The summed E-state index contributed by atoms with van der Waals surface area (Å²) in [6, 6.07) is 2.15. The Morgan fingerprint density at radius 2 is 2.11 bits per heavy atom. The molecule has 3 N–H and O–H groups in total. The van der Waals surface area contributed by atoms with Crippen molar-refractivity contribution in [1.29, 1.82) is 5.26 Å². The Balaban J connectivity index is 1.45. The highest BCUT2D eigenvalue weighted by Gasteiger charge is 2.41. The maximum atomic E-state index is 14.7. The Morgan fingerprint density at radius 1 is 1.25 bits per heavy atom. The van der Waals surface area contributed by atoms with E-state index in [1.54, 1.807) is 0 Å². The Labute approximate surface area is 212 Å². The fraction of sp³-hybridized carbons (Fsp3) is 0.360. The SMILES string of the molecule is N#Cc1c(N)sc2c(F)cnc(-c3c4c(c5cnc(N6CCC7(CCCN7)C6)nc5c3P)COC4)c12. The zero-order chi connectivity index (χ0) is 24.6. The summed E-state index contributed by atoms with van der Waals surface area (Å²) in [5, 5.41) is 16.0. The first kappa shape index (κ1) is 22.3. The van der Waals surface area contributed by atoms with Gasteiger partial charge in [0.1, 0.15) is 11.1 Å². The lowest BCUT2D eigenvalue weighted by Gasteiger charge is -2.24.